The molecule has 1 fully saturated rings. The molecule has 0 amide bonds. The molecule has 0 aromatic heterocycles. The molecule has 3 rings (SSSR count). The molecule has 1 spiro atoms. The molecule has 0 aliphatic carbocycles. The number of rotatable bonds is 0. The normalized spacial score (nSPS) is 24.8. The highest BCUT2D eigenvalue weighted by atomic mass is 32.2. The van der Waals surface area contributed by atoms with Crippen LogP contribution < -0.4 is 5.73 Å². The predicted octanol–water partition coefficient (Wildman–Crippen LogP) is 0.324. The van der Waals surface area contributed by atoms with Crippen LogP contribution in [0.5, 0.6) is 0 Å². The van der Waals surface area contributed by atoms with Gasteiger partial charge in [-0.25, -0.2) is 8.42 Å². The second-order valence-corrected chi connectivity index (χ2v) is 6.25. The largest absolute Gasteiger partial charge is 0.399 e. The van der Waals surface area contributed by atoms with Gasteiger partial charge in [0.25, 0.3) is 0 Å². The molecule has 0 bridgehead atoms. The minimum absolute atomic E-state index is 0.165. The molecule has 15 heavy (non-hydrogen) atoms. The Morgan fingerprint density at radius 1 is 1.33 bits per heavy atom. The van der Waals surface area contributed by atoms with Gasteiger partial charge in [0.15, 0.2) is 9.84 Å². The van der Waals surface area contributed by atoms with Gasteiger partial charge < -0.3 is 10.5 Å². The third-order valence-corrected chi connectivity index (χ3v) is 5.09. The van der Waals surface area contributed by atoms with Crippen LogP contribution >= 0.6 is 0 Å². The Morgan fingerprint density at radius 2 is 2.07 bits per heavy atom. The van der Waals surface area contributed by atoms with Crippen LogP contribution in [0.4, 0.5) is 5.69 Å². The van der Waals surface area contributed by atoms with E-state index >= 15 is 0 Å². The van der Waals surface area contributed by atoms with E-state index in [1.54, 1.807) is 18.2 Å². The molecule has 2 aliphatic heterocycles. The number of anilines is 1. The summed E-state index contributed by atoms with van der Waals surface area (Å²) in [6, 6.07) is 5.00. The van der Waals surface area contributed by atoms with Gasteiger partial charge in [-0.3, -0.25) is 0 Å². The van der Waals surface area contributed by atoms with Crippen molar-refractivity contribution in [3.8, 4) is 0 Å². The van der Waals surface area contributed by atoms with Crippen LogP contribution in [0.1, 0.15) is 5.56 Å². The molecule has 2 aliphatic rings. The number of sulfone groups is 1. The minimum Gasteiger partial charge on any atom is -0.399 e. The van der Waals surface area contributed by atoms with Crippen molar-refractivity contribution in [2.75, 3.05) is 24.7 Å². The molecule has 1 aromatic rings. The van der Waals surface area contributed by atoms with Gasteiger partial charge in [0.1, 0.15) is 0 Å². The van der Waals surface area contributed by atoms with Crippen molar-refractivity contribution in [2.24, 2.45) is 0 Å². The van der Waals surface area contributed by atoms with Gasteiger partial charge in [-0.2, -0.15) is 0 Å². The fourth-order valence-electron chi connectivity index (χ4n) is 2.34. The molecule has 2 heterocycles. The van der Waals surface area contributed by atoms with E-state index in [1.807, 2.05) is 0 Å². The molecular formula is C10H11NO3S. The topological polar surface area (TPSA) is 69.4 Å². The lowest BCUT2D eigenvalue weighted by atomic mass is 9.81. The van der Waals surface area contributed by atoms with Gasteiger partial charge in [-0.15, -0.1) is 0 Å². The summed E-state index contributed by atoms with van der Waals surface area (Å²) < 4.78 is 28.9. The minimum atomic E-state index is -3.13. The maximum atomic E-state index is 11.9. The van der Waals surface area contributed by atoms with Crippen molar-refractivity contribution in [2.45, 2.75) is 10.3 Å². The van der Waals surface area contributed by atoms with Gasteiger partial charge in [0, 0.05) is 5.69 Å². The Balaban J connectivity index is 2.29. The first kappa shape index (κ1) is 9.18. The lowest BCUT2D eigenvalue weighted by molar-refractivity contribution is -0.0470. The Bertz CT molecular complexity index is 532. The molecule has 5 heteroatoms. The van der Waals surface area contributed by atoms with E-state index in [1.165, 1.54) is 0 Å². The summed E-state index contributed by atoms with van der Waals surface area (Å²) >= 11 is 0. The lowest BCUT2D eigenvalue weighted by Gasteiger charge is -2.37. The molecule has 1 aromatic carbocycles. The van der Waals surface area contributed by atoms with Crippen LogP contribution in [0.25, 0.3) is 0 Å². The molecule has 0 atom stereocenters. The van der Waals surface area contributed by atoms with E-state index in [0.717, 1.165) is 5.56 Å². The summed E-state index contributed by atoms with van der Waals surface area (Å²) in [5.41, 5.74) is 6.82. The Hall–Kier alpha value is -1.07. The van der Waals surface area contributed by atoms with Crippen LogP contribution in [-0.4, -0.2) is 27.4 Å². The molecule has 4 nitrogen and oxygen atoms in total. The van der Waals surface area contributed by atoms with Crippen molar-refractivity contribution in [1.29, 1.82) is 0 Å². The zero-order chi connectivity index (χ0) is 10.7. The Morgan fingerprint density at radius 3 is 2.67 bits per heavy atom. The zero-order valence-corrected chi connectivity index (χ0v) is 8.88. The molecule has 80 valence electrons. The summed E-state index contributed by atoms with van der Waals surface area (Å²) in [6.07, 6.45) is 0. The number of nitrogens with two attached hydrogens (primary N) is 1. The van der Waals surface area contributed by atoms with E-state index in [9.17, 15) is 8.42 Å². The third kappa shape index (κ3) is 1.07. The number of nitrogen functional groups attached to an aromatic ring is 1. The van der Waals surface area contributed by atoms with Crippen LogP contribution in [0.2, 0.25) is 0 Å². The summed E-state index contributed by atoms with van der Waals surface area (Å²) in [6.45, 7) is 0.978. The maximum Gasteiger partial charge on any atom is 0.179 e. The molecule has 0 radical (unpaired) electrons. The van der Waals surface area contributed by atoms with Crippen molar-refractivity contribution < 1.29 is 13.2 Å². The smallest absolute Gasteiger partial charge is 0.179 e. The average molecular weight is 225 g/mol. The fourth-order valence-corrected chi connectivity index (χ4v) is 4.43. The van der Waals surface area contributed by atoms with Gasteiger partial charge >= 0.3 is 0 Å². The van der Waals surface area contributed by atoms with Gasteiger partial charge in [0.2, 0.25) is 0 Å². The second-order valence-electron chi connectivity index (χ2n) is 4.29. The highest BCUT2D eigenvalue weighted by Crippen LogP contribution is 2.45. The van der Waals surface area contributed by atoms with Crippen LogP contribution in [0, 0.1) is 0 Å². The number of hydrogen-bond acceptors (Lipinski definition) is 4. The number of benzene rings is 1. The quantitative estimate of drug-likeness (QED) is 0.646. The fraction of sp³-hybridized carbons (Fsp3) is 0.400. The SMILES string of the molecule is Nc1ccc2c(c1)C1(COC1)CS2(=O)=O. The first-order valence-electron chi connectivity index (χ1n) is 4.74. The molecule has 2 N–H and O–H groups in total. The first-order valence-corrected chi connectivity index (χ1v) is 6.39. The second kappa shape index (κ2) is 2.54. The van der Waals surface area contributed by atoms with E-state index in [-0.39, 0.29) is 11.2 Å². The highest BCUT2D eigenvalue weighted by molar-refractivity contribution is 7.91. The van der Waals surface area contributed by atoms with Crippen molar-refractivity contribution >= 4 is 15.5 Å². The standard InChI is InChI=1S/C10H11NO3S/c11-7-1-2-9-8(3-7)10(4-14-5-10)6-15(9,12)13/h1-3H,4-6,11H2. The van der Waals surface area contributed by atoms with Crippen LogP contribution in [0.15, 0.2) is 23.1 Å². The van der Waals surface area contributed by atoms with E-state index in [2.05, 4.69) is 0 Å². The van der Waals surface area contributed by atoms with Gasteiger partial charge in [-0.1, -0.05) is 0 Å². The molecular weight excluding hydrogens is 214 g/mol. The molecule has 1 saturated heterocycles. The summed E-state index contributed by atoms with van der Waals surface area (Å²) in [5.74, 6) is 0.165. The third-order valence-electron chi connectivity index (χ3n) is 3.13. The summed E-state index contributed by atoms with van der Waals surface area (Å²) in [5, 5.41) is 0. The lowest BCUT2D eigenvalue weighted by Crippen LogP contribution is -2.48. The predicted molar refractivity (Wildman–Crippen MR) is 55.4 cm³/mol. The summed E-state index contributed by atoms with van der Waals surface area (Å²) in [4.78, 5) is 0.431. The van der Waals surface area contributed by atoms with E-state index < -0.39 is 9.84 Å². The van der Waals surface area contributed by atoms with Crippen molar-refractivity contribution in [1.82, 2.24) is 0 Å². The van der Waals surface area contributed by atoms with Crippen molar-refractivity contribution in [3.63, 3.8) is 0 Å². The Labute approximate surface area is 88.0 Å². The van der Waals surface area contributed by atoms with Crippen LogP contribution in [-0.2, 0) is 20.0 Å². The molecule has 0 saturated carbocycles. The number of fused-ring (bicyclic) bond motifs is 2. The first-order chi connectivity index (χ1) is 7.04. The monoisotopic (exact) mass is 225 g/mol. The van der Waals surface area contributed by atoms with E-state index in [0.29, 0.717) is 23.8 Å². The van der Waals surface area contributed by atoms with Gasteiger partial charge in [0.05, 0.1) is 29.3 Å². The van der Waals surface area contributed by atoms with Crippen molar-refractivity contribution in [3.05, 3.63) is 23.8 Å². The zero-order valence-electron chi connectivity index (χ0n) is 8.06. The summed E-state index contributed by atoms with van der Waals surface area (Å²) in [7, 11) is -3.13. The van der Waals surface area contributed by atoms with Gasteiger partial charge in [-0.05, 0) is 23.8 Å². The Kier molecular flexibility index (Phi) is 1.55. The van der Waals surface area contributed by atoms with E-state index in [4.69, 9.17) is 10.5 Å². The average Bonchev–Trinajstić information content (AvgIpc) is 2.33. The number of ether oxygens (including phenoxy) is 1. The maximum absolute atomic E-state index is 11.9. The molecule has 0 unspecified atom stereocenters. The highest BCUT2D eigenvalue weighted by Gasteiger charge is 2.52. The number of hydrogen-bond donors (Lipinski definition) is 1. The van der Waals surface area contributed by atoms with Crippen LogP contribution in [0.3, 0.4) is 0 Å².